The molecule has 0 aliphatic heterocycles. The second kappa shape index (κ2) is 8.76. The van der Waals surface area contributed by atoms with E-state index in [2.05, 4.69) is 10.6 Å². The maximum Gasteiger partial charge on any atom is 0.263 e. The molecule has 2 aromatic rings. The molecule has 0 aliphatic carbocycles. The molecule has 0 saturated heterocycles. The quantitative estimate of drug-likeness (QED) is 0.610. The Hall–Kier alpha value is -2.97. The molecule has 0 aromatic heterocycles. The lowest BCUT2D eigenvalue weighted by Crippen LogP contribution is -2.24. The largest absolute Gasteiger partial charge is 0.495 e. The molecule has 25 heavy (non-hydrogen) atoms. The third-order valence-electron chi connectivity index (χ3n) is 3.46. The molecule has 0 radical (unpaired) electrons. The molecule has 2 N–H and O–H groups in total. The van der Waals surface area contributed by atoms with Crippen LogP contribution in [0.1, 0.15) is 11.1 Å². The van der Waals surface area contributed by atoms with Crippen molar-refractivity contribution in [2.45, 2.75) is 13.5 Å². The highest BCUT2D eigenvalue weighted by atomic mass is 35.5. The lowest BCUT2D eigenvalue weighted by molar-refractivity contribution is -0.117. The Balaban J connectivity index is 2.04. The van der Waals surface area contributed by atoms with Crippen molar-refractivity contribution >= 4 is 23.2 Å². The number of nitriles is 1. The number of hydrogen-bond donors (Lipinski definition) is 2. The molecular formula is C19H18ClN3O2. The number of carbonyl (C=O) groups is 1. The summed E-state index contributed by atoms with van der Waals surface area (Å²) < 4.78 is 5.26. The van der Waals surface area contributed by atoms with E-state index in [-0.39, 0.29) is 5.57 Å². The summed E-state index contributed by atoms with van der Waals surface area (Å²) in [7, 11) is 1.56. The van der Waals surface area contributed by atoms with Crippen molar-refractivity contribution in [1.29, 1.82) is 5.26 Å². The first-order valence-corrected chi connectivity index (χ1v) is 7.95. The third-order valence-corrected chi connectivity index (χ3v) is 3.71. The molecule has 0 aliphatic rings. The van der Waals surface area contributed by atoms with Gasteiger partial charge in [-0.05, 0) is 42.3 Å². The van der Waals surface area contributed by atoms with Crippen molar-refractivity contribution in [3.63, 3.8) is 0 Å². The second-order valence-electron chi connectivity index (χ2n) is 5.33. The fourth-order valence-electron chi connectivity index (χ4n) is 2.11. The van der Waals surface area contributed by atoms with Crippen LogP contribution >= 0.6 is 11.6 Å². The molecule has 0 fully saturated rings. The predicted molar refractivity (Wildman–Crippen MR) is 98.3 cm³/mol. The van der Waals surface area contributed by atoms with E-state index < -0.39 is 5.91 Å². The Morgan fingerprint density at radius 3 is 2.64 bits per heavy atom. The molecular weight excluding hydrogens is 338 g/mol. The van der Waals surface area contributed by atoms with Crippen LogP contribution in [0.15, 0.2) is 54.2 Å². The highest BCUT2D eigenvalue weighted by Gasteiger charge is 2.09. The number of rotatable bonds is 6. The van der Waals surface area contributed by atoms with Gasteiger partial charge in [-0.15, -0.1) is 0 Å². The van der Waals surface area contributed by atoms with E-state index in [1.807, 2.05) is 43.3 Å². The maximum atomic E-state index is 12.2. The van der Waals surface area contributed by atoms with E-state index in [0.29, 0.717) is 23.0 Å². The molecule has 0 heterocycles. The second-order valence-corrected chi connectivity index (χ2v) is 5.76. The number of halogens is 1. The zero-order valence-corrected chi connectivity index (χ0v) is 14.7. The normalized spacial score (nSPS) is 10.7. The minimum Gasteiger partial charge on any atom is -0.495 e. The molecule has 1 amide bonds. The van der Waals surface area contributed by atoms with Gasteiger partial charge in [-0.1, -0.05) is 29.8 Å². The fraction of sp³-hybridized carbons (Fsp3) is 0.158. The topological polar surface area (TPSA) is 74.1 Å². The molecule has 2 aromatic carbocycles. The Bertz CT molecular complexity index is 824. The van der Waals surface area contributed by atoms with Gasteiger partial charge in [0.05, 0.1) is 12.8 Å². The molecule has 0 spiro atoms. The number of methoxy groups -OCH3 is 1. The van der Waals surface area contributed by atoms with Crippen LogP contribution in [0.4, 0.5) is 5.69 Å². The molecule has 6 heteroatoms. The molecule has 0 atom stereocenters. The summed E-state index contributed by atoms with van der Waals surface area (Å²) in [6, 6.07) is 14.6. The van der Waals surface area contributed by atoms with Gasteiger partial charge in [0.15, 0.2) is 0 Å². The van der Waals surface area contributed by atoms with Gasteiger partial charge >= 0.3 is 0 Å². The Morgan fingerprint density at radius 1 is 1.28 bits per heavy atom. The first-order valence-electron chi connectivity index (χ1n) is 7.57. The summed E-state index contributed by atoms with van der Waals surface area (Å²) in [5, 5.41) is 15.5. The molecule has 5 nitrogen and oxygen atoms in total. The molecule has 128 valence electrons. The number of amides is 1. The van der Waals surface area contributed by atoms with Crippen molar-refractivity contribution in [3.8, 4) is 11.8 Å². The standard InChI is InChI=1S/C19H18ClN3O2/c1-13-3-8-18(25-2)17(9-13)22-12-15(10-21)19(24)23-11-14-4-6-16(20)7-5-14/h3-9,12,22H,11H2,1-2H3,(H,23,24)/b15-12-. The van der Waals surface area contributed by atoms with Crippen LogP contribution in [0.3, 0.4) is 0 Å². The van der Waals surface area contributed by atoms with E-state index in [9.17, 15) is 10.1 Å². The fourth-order valence-corrected chi connectivity index (χ4v) is 2.24. The van der Waals surface area contributed by atoms with Crippen molar-refractivity contribution in [3.05, 3.63) is 70.4 Å². The van der Waals surface area contributed by atoms with E-state index in [1.165, 1.54) is 6.20 Å². The summed E-state index contributed by atoms with van der Waals surface area (Å²) in [6.07, 6.45) is 1.37. The van der Waals surface area contributed by atoms with Crippen LogP contribution in [0.25, 0.3) is 0 Å². The maximum absolute atomic E-state index is 12.2. The number of benzene rings is 2. The van der Waals surface area contributed by atoms with Gasteiger partial charge in [-0.25, -0.2) is 0 Å². The zero-order chi connectivity index (χ0) is 18.2. The van der Waals surface area contributed by atoms with Gasteiger partial charge in [0.25, 0.3) is 5.91 Å². The van der Waals surface area contributed by atoms with Crippen molar-refractivity contribution in [2.75, 3.05) is 12.4 Å². The average Bonchev–Trinajstić information content (AvgIpc) is 2.62. The highest BCUT2D eigenvalue weighted by molar-refractivity contribution is 6.30. The van der Waals surface area contributed by atoms with Crippen molar-refractivity contribution < 1.29 is 9.53 Å². The van der Waals surface area contributed by atoms with E-state index in [0.717, 1.165) is 11.1 Å². The minimum atomic E-state index is -0.462. The number of hydrogen-bond acceptors (Lipinski definition) is 4. The van der Waals surface area contributed by atoms with Crippen molar-refractivity contribution in [1.82, 2.24) is 5.32 Å². The van der Waals surface area contributed by atoms with Crippen LogP contribution in [0.2, 0.25) is 5.02 Å². The Kier molecular flexibility index (Phi) is 6.44. The van der Waals surface area contributed by atoms with Gasteiger partial charge < -0.3 is 15.4 Å². The summed E-state index contributed by atoms with van der Waals surface area (Å²) in [5.41, 5.74) is 2.57. The molecule has 0 saturated carbocycles. The number of anilines is 1. The number of aryl methyl sites for hydroxylation is 1. The monoisotopic (exact) mass is 355 g/mol. The molecule has 0 bridgehead atoms. The van der Waals surface area contributed by atoms with E-state index in [4.69, 9.17) is 16.3 Å². The van der Waals surface area contributed by atoms with Gasteiger partial charge in [-0.3, -0.25) is 4.79 Å². The summed E-state index contributed by atoms with van der Waals surface area (Å²) in [6.45, 7) is 2.25. The summed E-state index contributed by atoms with van der Waals surface area (Å²) in [4.78, 5) is 12.2. The van der Waals surface area contributed by atoms with Gasteiger partial charge in [0.2, 0.25) is 0 Å². The van der Waals surface area contributed by atoms with Gasteiger partial charge in [0.1, 0.15) is 17.4 Å². The third kappa shape index (κ3) is 5.27. The van der Waals surface area contributed by atoms with E-state index >= 15 is 0 Å². The lowest BCUT2D eigenvalue weighted by Gasteiger charge is -2.10. The van der Waals surface area contributed by atoms with Crippen LogP contribution in [-0.2, 0) is 11.3 Å². The lowest BCUT2D eigenvalue weighted by atomic mass is 10.2. The van der Waals surface area contributed by atoms with Crippen LogP contribution in [-0.4, -0.2) is 13.0 Å². The smallest absolute Gasteiger partial charge is 0.263 e. The SMILES string of the molecule is COc1ccc(C)cc1N/C=C(/C#N)C(=O)NCc1ccc(Cl)cc1. The zero-order valence-electron chi connectivity index (χ0n) is 14.0. The number of ether oxygens (including phenoxy) is 1. The van der Waals surface area contributed by atoms with Crippen molar-refractivity contribution in [2.24, 2.45) is 0 Å². The average molecular weight is 356 g/mol. The summed E-state index contributed by atoms with van der Waals surface area (Å²) >= 11 is 5.82. The number of nitrogens with zero attached hydrogens (tertiary/aromatic N) is 1. The molecule has 0 unspecified atom stereocenters. The summed E-state index contributed by atoms with van der Waals surface area (Å²) in [5.74, 6) is 0.164. The minimum absolute atomic E-state index is 0.0301. The Morgan fingerprint density at radius 2 is 2.00 bits per heavy atom. The molecule has 2 rings (SSSR count). The highest BCUT2D eigenvalue weighted by Crippen LogP contribution is 2.25. The van der Waals surface area contributed by atoms with Crippen LogP contribution in [0, 0.1) is 18.3 Å². The van der Waals surface area contributed by atoms with E-state index in [1.54, 1.807) is 19.2 Å². The number of carbonyl (C=O) groups excluding carboxylic acids is 1. The predicted octanol–water partition coefficient (Wildman–Crippen LogP) is 3.79. The first kappa shape index (κ1) is 18.4. The van der Waals surface area contributed by atoms with Gasteiger partial charge in [-0.2, -0.15) is 5.26 Å². The van der Waals surface area contributed by atoms with Crippen LogP contribution in [0.5, 0.6) is 5.75 Å². The van der Waals surface area contributed by atoms with Crippen LogP contribution < -0.4 is 15.4 Å². The van der Waals surface area contributed by atoms with Gasteiger partial charge in [0, 0.05) is 17.8 Å². The first-order chi connectivity index (χ1) is 12.0. The number of nitrogens with one attached hydrogen (secondary N) is 2. The Labute approximate surface area is 151 Å².